The fraction of sp³-hybridized carbons (Fsp3) is 0.933. The van der Waals surface area contributed by atoms with Crippen LogP contribution in [0.2, 0.25) is 0 Å². The van der Waals surface area contributed by atoms with E-state index in [1.54, 1.807) is 0 Å². The summed E-state index contributed by atoms with van der Waals surface area (Å²) in [4.78, 5) is 16.6. The number of amides is 1. The van der Waals surface area contributed by atoms with E-state index < -0.39 is 0 Å². The second-order valence-electron chi connectivity index (χ2n) is 5.85. The summed E-state index contributed by atoms with van der Waals surface area (Å²) in [5.74, 6) is 1.19. The molecule has 2 aliphatic heterocycles. The van der Waals surface area contributed by atoms with Gasteiger partial charge in [0.1, 0.15) is 0 Å². The predicted octanol–water partition coefficient (Wildman–Crippen LogP) is 2.51. The maximum absolute atomic E-state index is 12.1. The Morgan fingerprint density at radius 3 is 2.61 bits per heavy atom. The van der Waals surface area contributed by atoms with Gasteiger partial charge in [-0.25, -0.2) is 0 Å². The highest BCUT2D eigenvalue weighted by molar-refractivity contribution is 5.80. The Labute approximate surface area is 112 Å². The fourth-order valence-electron chi connectivity index (χ4n) is 4.03. The number of rotatable bonds is 0. The largest absolute Gasteiger partial charge is 0.334 e. The standard InChI is InChI=1S/C13H22N2O.C2H6/c1-14-8-11-7-10-5-3-2-4-6-12(10)15(11)13(16)9-14;1-2/h10-12H,2-9H2,1H3;1-2H3/t10-,11-,12+;/m0./s1. The molecule has 18 heavy (non-hydrogen) atoms. The van der Waals surface area contributed by atoms with Gasteiger partial charge in [0.15, 0.2) is 0 Å². The number of carbonyl (C=O) groups is 1. The van der Waals surface area contributed by atoms with E-state index in [-0.39, 0.29) is 0 Å². The van der Waals surface area contributed by atoms with Crippen molar-refractivity contribution in [2.24, 2.45) is 5.92 Å². The highest BCUT2D eigenvalue weighted by atomic mass is 16.2. The fourth-order valence-corrected chi connectivity index (χ4v) is 4.03. The normalized spacial score (nSPS) is 36.3. The van der Waals surface area contributed by atoms with Crippen molar-refractivity contribution in [3.63, 3.8) is 0 Å². The molecule has 3 rings (SSSR count). The van der Waals surface area contributed by atoms with E-state index in [0.717, 1.165) is 12.5 Å². The van der Waals surface area contributed by atoms with Gasteiger partial charge in [-0.05, 0) is 32.2 Å². The SMILES string of the molecule is CC.CN1CC(=O)N2[C@@H](C[C@@H]3CCCCC[C@H]32)C1. The third-order valence-electron chi connectivity index (χ3n) is 4.66. The minimum atomic E-state index is 0.383. The van der Waals surface area contributed by atoms with Gasteiger partial charge in [0.25, 0.3) is 0 Å². The molecule has 0 spiro atoms. The van der Waals surface area contributed by atoms with Crippen LogP contribution in [0.15, 0.2) is 0 Å². The summed E-state index contributed by atoms with van der Waals surface area (Å²) < 4.78 is 0. The van der Waals surface area contributed by atoms with Gasteiger partial charge in [-0.15, -0.1) is 0 Å². The monoisotopic (exact) mass is 252 g/mol. The highest BCUT2D eigenvalue weighted by Crippen LogP contribution is 2.40. The summed E-state index contributed by atoms with van der Waals surface area (Å²) in [5.41, 5.74) is 0. The molecule has 104 valence electrons. The average Bonchev–Trinajstić information content (AvgIpc) is 2.55. The average molecular weight is 252 g/mol. The Bertz CT molecular complexity index is 292. The number of piperazine rings is 1. The number of hydrogen-bond donors (Lipinski definition) is 0. The third-order valence-corrected chi connectivity index (χ3v) is 4.66. The van der Waals surface area contributed by atoms with Gasteiger partial charge < -0.3 is 4.90 Å². The molecule has 0 aromatic rings. The molecule has 0 aromatic heterocycles. The van der Waals surface area contributed by atoms with Gasteiger partial charge in [-0.3, -0.25) is 9.69 Å². The van der Waals surface area contributed by atoms with Crippen LogP contribution in [0.25, 0.3) is 0 Å². The van der Waals surface area contributed by atoms with Crippen molar-refractivity contribution in [2.75, 3.05) is 20.1 Å². The van der Waals surface area contributed by atoms with Crippen LogP contribution in [-0.4, -0.2) is 47.9 Å². The molecule has 1 saturated carbocycles. The zero-order chi connectivity index (χ0) is 13.1. The Morgan fingerprint density at radius 1 is 1.11 bits per heavy atom. The number of nitrogens with zero attached hydrogens (tertiary/aromatic N) is 2. The first kappa shape index (κ1) is 13.9. The second kappa shape index (κ2) is 6.05. The molecular formula is C15H28N2O. The van der Waals surface area contributed by atoms with Crippen LogP contribution in [0.3, 0.4) is 0 Å². The van der Waals surface area contributed by atoms with Gasteiger partial charge in [0.05, 0.1) is 6.54 Å². The van der Waals surface area contributed by atoms with E-state index in [1.807, 2.05) is 13.8 Å². The van der Waals surface area contributed by atoms with Crippen molar-refractivity contribution in [3.05, 3.63) is 0 Å². The first-order valence-electron chi connectivity index (χ1n) is 7.75. The van der Waals surface area contributed by atoms with Crippen molar-refractivity contribution >= 4 is 5.91 Å². The molecule has 0 radical (unpaired) electrons. The van der Waals surface area contributed by atoms with Crippen LogP contribution in [0.1, 0.15) is 52.4 Å². The maximum Gasteiger partial charge on any atom is 0.237 e. The zero-order valence-electron chi connectivity index (χ0n) is 12.2. The van der Waals surface area contributed by atoms with Crippen molar-refractivity contribution in [2.45, 2.75) is 64.5 Å². The predicted molar refractivity (Wildman–Crippen MR) is 74.5 cm³/mol. The molecule has 2 saturated heterocycles. The van der Waals surface area contributed by atoms with Crippen LogP contribution in [0.5, 0.6) is 0 Å². The number of hydrogen-bond acceptors (Lipinski definition) is 2. The molecule has 0 aromatic carbocycles. The molecule has 3 heteroatoms. The Kier molecular flexibility index (Phi) is 4.66. The number of carbonyl (C=O) groups excluding carboxylic acids is 1. The molecule has 3 aliphatic rings. The number of likely N-dealkylation sites (N-methyl/N-ethyl adjacent to an activating group) is 1. The smallest absolute Gasteiger partial charge is 0.237 e. The molecule has 1 amide bonds. The zero-order valence-corrected chi connectivity index (χ0v) is 12.2. The van der Waals surface area contributed by atoms with Crippen molar-refractivity contribution in [1.82, 2.24) is 9.80 Å². The minimum Gasteiger partial charge on any atom is -0.334 e. The van der Waals surface area contributed by atoms with Crippen molar-refractivity contribution in [3.8, 4) is 0 Å². The summed E-state index contributed by atoms with van der Waals surface area (Å²) >= 11 is 0. The lowest BCUT2D eigenvalue weighted by Gasteiger charge is -2.38. The molecule has 0 bridgehead atoms. The van der Waals surface area contributed by atoms with E-state index in [2.05, 4.69) is 16.8 Å². The minimum absolute atomic E-state index is 0.383. The molecule has 3 fully saturated rings. The summed E-state index contributed by atoms with van der Waals surface area (Å²) in [6.07, 6.45) is 7.96. The molecule has 3 atom stereocenters. The van der Waals surface area contributed by atoms with Crippen LogP contribution in [0, 0.1) is 5.92 Å². The summed E-state index contributed by atoms with van der Waals surface area (Å²) in [5, 5.41) is 0. The van der Waals surface area contributed by atoms with Gasteiger partial charge in [0.2, 0.25) is 5.91 Å². The topological polar surface area (TPSA) is 23.6 Å². The number of fused-ring (bicyclic) bond motifs is 3. The lowest BCUT2D eigenvalue weighted by atomic mass is 9.94. The Balaban J connectivity index is 0.000000574. The lowest BCUT2D eigenvalue weighted by Crippen LogP contribution is -2.55. The van der Waals surface area contributed by atoms with E-state index in [9.17, 15) is 4.79 Å². The van der Waals surface area contributed by atoms with Gasteiger partial charge in [-0.2, -0.15) is 0 Å². The molecular weight excluding hydrogens is 224 g/mol. The second-order valence-corrected chi connectivity index (χ2v) is 5.85. The van der Waals surface area contributed by atoms with Crippen LogP contribution >= 0.6 is 0 Å². The van der Waals surface area contributed by atoms with E-state index in [1.165, 1.54) is 38.5 Å². The van der Waals surface area contributed by atoms with Crippen molar-refractivity contribution in [1.29, 1.82) is 0 Å². The van der Waals surface area contributed by atoms with Gasteiger partial charge in [0, 0.05) is 18.6 Å². The summed E-state index contributed by atoms with van der Waals surface area (Å²) in [6.45, 7) is 5.73. The van der Waals surface area contributed by atoms with Crippen LogP contribution < -0.4 is 0 Å². The maximum atomic E-state index is 12.1. The molecule has 3 nitrogen and oxygen atoms in total. The first-order chi connectivity index (χ1) is 8.75. The molecule has 2 heterocycles. The molecule has 1 aliphatic carbocycles. The first-order valence-corrected chi connectivity index (χ1v) is 7.75. The Hall–Kier alpha value is -0.570. The highest BCUT2D eigenvalue weighted by Gasteiger charge is 2.45. The van der Waals surface area contributed by atoms with Gasteiger partial charge >= 0.3 is 0 Å². The van der Waals surface area contributed by atoms with E-state index in [4.69, 9.17) is 0 Å². The quantitative estimate of drug-likeness (QED) is 0.661. The van der Waals surface area contributed by atoms with E-state index in [0.29, 0.717) is 24.5 Å². The lowest BCUT2D eigenvalue weighted by molar-refractivity contribution is -0.139. The summed E-state index contributed by atoms with van der Waals surface area (Å²) in [6, 6.07) is 1.12. The van der Waals surface area contributed by atoms with Crippen molar-refractivity contribution < 1.29 is 4.79 Å². The van der Waals surface area contributed by atoms with Crippen LogP contribution in [0.4, 0.5) is 0 Å². The van der Waals surface area contributed by atoms with E-state index >= 15 is 0 Å². The van der Waals surface area contributed by atoms with Gasteiger partial charge in [-0.1, -0.05) is 33.1 Å². The Morgan fingerprint density at radius 2 is 1.83 bits per heavy atom. The molecule has 0 N–H and O–H groups in total. The molecule has 0 unspecified atom stereocenters. The van der Waals surface area contributed by atoms with Crippen LogP contribution in [-0.2, 0) is 4.79 Å². The summed E-state index contributed by atoms with van der Waals surface area (Å²) in [7, 11) is 2.07. The third kappa shape index (κ3) is 2.56.